The van der Waals surface area contributed by atoms with Crippen molar-refractivity contribution in [2.24, 2.45) is 0 Å². The number of aromatic nitrogens is 2. The number of aryl methyl sites for hydroxylation is 2. The first-order chi connectivity index (χ1) is 14.1. The minimum absolute atomic E-state index is 0.626. The van der Waals surface area contributed by atoms with Crippen LogP contribution in [0.1, 0.15) is 11.3 Å². The van der Waals surface area contributed by atoms with Gasteiger partial charge in [-0.1, -0.05) is 30.3 Å². The third-order valence-corrected chi connectivity index (χ3v) is 5.18. The predicted molar refractivity (Wildman–Crippen MR) is 116 cm³/mol. The molecule has 0 fully saturated rings. The average Bonchev–Trinajstić information content (AvgIpc) is 3.11. The first-order valence-electron chi connectivity index (χ1n) is 9.38. The summed E-state index contributed by atoms with van der Waals surface area (Å²) in [5.74, 6) is 0. The molecule has 0 radical (unpaired) electrons. The van der Waals surface area contributed by atoms with Crippen LogP contribution < -0.4 is 0 Å². The monoisotopic (exact) mass is 375 g/mol. The third-order valence-electron chi connectivity index (χ3n) is 5.18. The van der Waals surface area contributed by atoms with E-state index in [9.17, 15) is 0 Å². The van der Waals surface area contributed by atoms with Crippen LogP contribution >= 0.6 is 0 Å². The Morgan fingerprint density at radius 1 is 0.897 bits per heavy atom. The van der Waals surface area contributed by atoms with E-state index < -0.39 is 0 Å². The molecule has 2 aromatic carbocycles. The van der Waals surface area contributed by atoms with Gasteiger partial charge in [0.05, 0.1) is 12.3 Å². The van der Waals surface area contributed by atoms with Crippen LogP contribution in [0.15, 0.2) is 71.3 Å². The SMILES string of the molecule is [C-]#[N+]c1cccc(-c2cnc(-c3cccc4c3oc3nc(C)ccc34)cc2C)c1. The van der Waals surface area contributed by atoms with E-state index in [1.54, 1.807) is 0 Å². The summed E-state index contributed by atoms with van der Waals surface area (Å²) >= 11 is 0. The molecule has 0 amide bonds. The molecule has 0 saturated heterocycles. The van der Waals surface area contributed by atoms with Crippen LogP contribution in [0.5, 0.6) is 0 Å². The zero-order chi connectivity index (χ0) is 20.0. The summed E-state index contributed by atoms with van der Waals surface area (Å²) in [6.45, 7) is 11.3. The van der Waals surface area contributed by atoms with E-state index in [-0.39, 0.29) is 0 Å². The van der Waals surface area contributed by atoms with Crippen LogP contribution in [0.2, 0.25) is 0 Å². The highest BCUT2D eigenvalue weighted by molar-refractivity contribution is 6.08. The molecule has 0 aliphatic heterocycles. The lowest BCUT2D eigenvalue weighted by atomic mass is 9.99. The summed E-state index contributed by atoms with van der Waals surface area (Å²) in [5.41, 5.74) is 7.92. The number of hydrogen-bond acceptors (Lipinski definition) is 3. The Morgan fingerprint density at radius 3 is 2.59 bits per heavy atom. The van der Waals surface area contributed by atoms with Crippen LogP contribution in [-0.4, -0.2) is 9.97 Å². The molecule has 4 nitrogen and oxygen atoms in total. The van der Waals surface area contributed by atoms with Crippen molar-refractivity contribution in [3.05, 3.63) is 89.5 Å². The van der Waals surface area contributed by atoms with Crippen molar-refractivity contribution < 1.29 is 4.42 Å². The van der Waals surface area contributed by atoms with Crippen molar-refractivity contribution in [1.82, 2.24) is 9.97 Å². The van der Waals surface area contributed by atoms with E-state index in [2.05, 4.69) is 35.0 Å². The quantitative estimate of drug-likeness (QED) is 0.316. The number of hydrogen-bond donors (Lipinski definition) is 0. The van der Waals surface area contributed by atoms with E-state index in [0.717, 1.165) is 50.0 Å². The number of furan rings is 1. The molecule has 3 heterocycles. The Labute approximate surface area is 168 Å². The molecule has 0 aliphatic rings. The molecule has 0 aliphatic carbocycles. The van der Waals surface area contributed by atoms with E-state index in [4.69, 9.17) is 16.0 Å². The van der Waals surface area contributed by atoms with Crippen LogP contribution in [0.25, 0.3) is 49.3 Å². The molecule has 5 aromatic rings. The van der Waals surface area contributed by atoms with Gasteiger partial charge in [0, 0.05) is 33.8 Å². The topological polar surface area (TPSA) is 43.3 Å². The van der Waals surface area contributed by atoms with Gasteiger partial charge in [0.2, 0.25) is 5.71 Å². The molecule has 4 heteroatoms. The van der Waals surface area contributed by atoms with Gasteiger partial charge in [-0.3, -0.25) is 4.98 Å². The van der Waals surface area contributed by atoms with Crippen molar-refractivity contribution in [3.63, 3.8) is 0 Å². The zero-order valence-electron chi connectivity index (χ0n) is 16.1. The molecule has 0 N–H and O–H groups in total. The maximum Gasteiger partial charge on any atom is 0.227 e. The number of benzene rings is 2. The van der Waals surface area contributed by atoms with Crippen LogP contribution in [0.4, 0.5) is 5.69 Å². The molecular weight excluding hydrogens is 358 g/mol. The minimum Gasteiger partial charge on any atom is -0.437 e. The highest BCUT2D eigenvalue weighted by Crippen LogP contribution is 2.36. The standard InChI is InChI=1S/C25H17N3O/c1-15-12-23(27-14-22(15)17-6-4-7-18(13-17)26-3)21-9-5-8-19-20-11-10-16(2)28-25(20)29-24(19)21/h4-14H,1-2H3. The highest BCUT2D eigenvalue weighted by Gasteiger charge is 2.15. The summed E-state index contributed by atoms with van der Waals surface area (Å²) in [6, 6.07) is 19.8. The second-order valence-corrected chi connectivity index (χ2v) is 7.14. The zero-order valence-corrected chi connectivity index (χ0v) is 16.1. The number of pyridine rings is 2. The fourth-order valence-electron chi connectivity index (χ4n) is 3.72. The number of para-hydroxylation sites is 1. The van der Waals surface area contributed by atoms with E-state index >= 15 is 0 Å². The molecule has 3 aromatic heterocycles. The van der Waals surface area contributed by atoms with Gasteiger partial charge in [-0.05, 0) is 55.3 Å². The van der Waals surface area contributed by atoms with Crippen LogP contribution in [0, 0.1) is 20.4 Å². The summed E-state index contributed by atoms with van der Waals surface area (Å²) in [7, 11) is 0. The van der Waals surface area contributed by atoms with Gasteiger partial charge in [0.25, 0.3) is 0 Å². The molecule has 0 spiro atoms. The first kappa shape index (κ1) is 17.2. The van der Waals surface area contributed by atoms with Crippen LogP contribution in [-0.2, 0) is 0 Å². The molecule has 0 saturated carbocycles. The number of fused-ring (bicyclic) bond motifs is 3. The summed E-state index contributed by atoms with van der Waals surface area (Å²) < 4.78 is 6.12. The van der Waals surface area contributed by atoms with E-state index in [1.807, 2.05) is 55.6 Å². The van der Waals surface area contributed by atoms with Crippen molar-refractivity contribution in [3.8, 4) is 22.4 Å². The van der Waals surface area contributed by atoms with Crippen molar-refractivity contribution in [1.29, 1.82) is 0 Å². The highest BCUT2D eigenvalue weighted by atomic mass is 16.3. The summed E-state index contributed by atoms with van der Waals surface area (Å²) in [4.78, 5) is 12.8. The molecular formula is C25H17N3O. The molecule has 138 valence electrons. The number of rotatable bonds is 2. The normalized spacial score (nSPS) is 11.1. The second kappa shape index (κ2) is 6.57. The second-order valence-electron chi connectivity index (χ2n) is 7.14. The number of nitrogens with zero attached hydrogens (tertiary/aromatic N) is 3. The lowest BCUT2D eigenvalue weighted by molar-refractivity contribution is 0.653. The fraction of sp³-hybridized carbons (Fsp3) is 0.0800. The Bertz CT molecular complexity index is 1440. The van der Waals surface area contributed by atoms with Gasteiger partial charge in [0.15, 0.2) is 5.69 Å². The van der Waals surface area contributed by atoms with E-state index in [1.165, 1.54) is 0 Å². The van der Waals surface area contributed by atoms with Gasteiger partial charge in [0.1, 0.15) is 5.58 Å². The van der Waals surface area contributed by atoms with Gasteiger partial charge >= 0.3 is 0 Å². The van der Waals surface area contributed by atoms with Crippen molar-refractivity contribution in [2.45, 2.75) is 13.8 Å². The maximum absolute atomic E-state index is 7.23. The Morgan fingerprint density at radius 2 is 1.76 bits per heavy atom. The van der Waals surface area contributed by atoms with Gasteiger partial charge in [-0.2, -0.15) is 0 Å². The van der Waals surface area contributed by atoms with Gasteiger partial charge in [-0.15, -0.1) is 0 Å². The van der Waals surface area contributed by atoms with Crippen molar-refractivity contribution >= 4 is 27.8 Å². The Kier molecular flexibility index (Phi) is 3.89. The Hall–Kier alpha value is -3.97. The smallest absolute Gasteiger partial charge is 0.227 e. The minimum atomic E-state index is 0.626. The average molecular weight is 375 g/mol. The molecule has 0 bridgehead atoms. The summed E-state index contributed by atoms with van der Waals surface area (Å²) in [5, 5.41) is 2.05. The van der Waals surface area contributed by atoms with Crippen LogP contribution in [0.3, 0.4) is 0 Å². The molecule has 0 unspecified atom stereocenters. The van der Waals surface area contributed by atoms with Gasteiger partial charge < -0.3 is 4.42 Å². The van der Waals surface area contributed by atoms with Gasteiger partial charge in [-0.25, -0.2) is 9.83 Å². The van der Waals surface area contributed by atoms with E-state index in [0.29, 0.717) is 11.4 Å². The molecule has 29 heavy (non-hydrogen) atoms. The third kappa shape index (κ3) is 2.84. The largest absolute Gasteiger partial charge is 0.437 e. The first-order valence-corrected chi connectivity index (χ1v) is 9.38. The Balaban J connectivity index is 1.66. The molecule has 0 atom stereocenters. The summed E-state index contributed by atoms with van der Waals surface area (Å²) in [6.07, 6.45) is 1.87. The lowest BCUT2D eigenvalue weighted by Crippen LogP contribution is -1.90. The van der Waals surface area contributed by atoms with Crippen molar-refractivity contribution in [2.75, 3.05) is 0 Å². The lowest BCUT2D eigenvalue weighted by Gasteiger charge is -2.09. The fourth-order valence-corrected chi connectivity index (χ4v) is 3.72. The molecule has 5 rings (SSSR count). The predicted octanol–water partition coefficient (Wildman–Crippen LogP) is 6.88. The maximum atomic E-state index is 7.23.